The lowest BCUT2D eigenvalue weighted by Gasteiger charge is -2.37. The van der Waals surface area contributed by atoms with Crippen LogP contribution in [-0.2, 0) is 0 Å². The maximum atomic E-state index is 13.5. The van der Waals surface area contributed by atoms with Gasteiger partial charge in [-0.15, -0.1) is 0 Å². The van der Waals surface area contributed by atoms with Crippen LogP contribution in [0.25, 0.3) is 0 Å². The molecule has 8 nitrogen and oxygen atoms in total. The van der Waals surface area contributed by atoms with Crippen LogP contribution in [0.3, 0.4) is 0 Å². The quantitative estimate of drug-likeness (QED) is 0.605. The average Bonchev–Trinajstić information content (AvgIpc) is 3.34. The number of urea groups is 1. The first-order chi connectivity index (χ1) is 16.7. The molecule has 0 unspecified atom stereocenters. The molecule has 2 aliphatic rings. The maximum absolute atomic E-state index is 13.5. The van der Waals surface area contributed by atoms with E-state index >= 15 is 0 Å². The molecule has 1 aliphatic carbocycles. The molecule has 0 radical (unpaired) electrons. The molecule has 1 aliphatic heterocycles. The number of aromatic nitrogens is 1. The fourth-order valence-corrected chi connectivity index (χ4v) is 4.61. The summed E-state index contributed by atoms with van der Waals surface area (Å²) in [5, 5.41) is 12.7. The van der Waals surface area contributed by atoms with Gasteiger partial charge >= 0.3 is 6.03 Å². The molecule has 0 aromatic carbocycles. The van der Waals surface area contributed by atoms with E-state index in [4.69, 9.17) is 4.74 Å². The van der Waals surface area contributed by atoms with Crippen LogP contribution in [0, 0.1) is 23.7 Å². The summed E-state index contributed by atoms with van der Waals surface area (Å²) in [5.74, 6) is 7.01. The zero-order valence-corrected chi connectivity index (χ0v) is 21.7. The molecule has 8 heteroatoms. The van der Waals surface area contributed by atoms with Crippen molar-refractivity contribution < 1.29 is 19.4 Å². The Kier molecular flexibility index (Phi) is 9.39. The molecule has 0 spiro atoms. The highest BCUT2D eigenvalue weighted by Gasteiger charge is 2.34. The van der Waals surface area contributed by atoms with Crippen molar-refractivity contribution in [2.24, 2.45) is 11.8 Å². The number of rotatable bonds is 6. The number of hydrogen-bond acceptors (Lipinski definition) is 5. The third-order valence-electron chi connectivity index (χ3n) is 6.83. The van der Waals surface area contributed by atoms with E-state index in [1.165, 1.54) is 25.7 Å². The number of amides is 3. The van der Waals surface area contributed by atoms with Crippen LogP contribution in [0.1, 0.15) is 75.7 Å². The lowest BCUT2D eigenvalue weighted by Crippen LogP contribution is -2.51. The third kappa shape index (κ3) is 7.11. The monoisotopic (exact) mass is 484 g/mol. The second kappa shape index (κ2) is 12.3. The summed E-state index contributed by atoms with van der Waals surface area (Å²) in [5.41, 5.74) is 1.01. The van der Waals surface area contributed by atoms with Gasteiger partial charge in [0.15, 0.2) is 0 Å². The molecule has 0 bridgehead atoms. The van der Waals surface area contributed by atoms with Crippen LogP contribution >= 0.6 is 0 Å². The van der Waals surface area contributed by atoms with Gasteiger partial charge in [-0.1, -0.05) is 31.6 Å². The van der Waals surface area contributed by atoms with Gasteiger partial charge in [0.05, 0.1) is 19.2 Å². The fourth-order valence-electron chi connectivity index (χ4n) is 4.61. The molecule has 2 heterocycles. The Morgan fingerprint density at radius 2 is 2.06 bits per heavy atom. The van der Waals surface area contributed by atoms with Crippen molar-refractivity contribution in [1.29, 1.82) is 0 Å². The predicted octanol–water partition coefficient (Wildman–Crippen LogP) is 3.28. The van der Waals surface area contributed by atoms with E-state index in [0.29, 0.717) is 30.1 Å². The summed E-state index contributed by atoms with van der Waals surface area (Å²) in [4.78, 5) is 33.7. The molecule has 192 valence electrons. The molecule has 1 saturated carbocycles. The summed E-state index contributed by atoms with van der Waals surface area (Å²) < 4.78 is 6.26. The first-order valence-electron chi connectivity index (χ1n) is 12.8. The Morgan fingerprint density at radius 1 is 1.34 bits per heavy atom. The van der Waals surface area contributed by atoms with Crippen molar-refractivity contribution in [2.45, 2.75) is 78.0 Å². The van der Waals surface area contributed by atoms with E-state index < -0.39 is 0 Å². The van der Waals surface area contributed by atoms with E-state index in [1.807, 2.05) is 27.7 Å². The predicted molar refractivity (Wildman–Crippen MR) is 135 cm³/mol. The number of carbonyl (C=O) groups is 2. The number of aliphatic hydroxyl groups excluding tert-OH is 1. The Balaban J connectivity index is 1.87. The molecular formula is C27H40N4O4. The van der Waals surface area contributed by atoms with Gasteiger partial charge in [0, 0.05) is 43.7 Å². The normalized spacial score (nSPS) is 21.3. The summed E-state index contributed by atoms with van der Waals surface area (Å²) in [6, 6.07) is 1.21. The van der Waals surface area contributed by atoms with Crippen LogP contribution < -0.4 is 10.1 Å². The fraction of sp³-hybridized carbons (Fsp3) is 0.667. The average molecular weight is 485 g/mol. The van der Waals surface area contributed by atoms with Gasteiger partial charge in [-0.25, -0.2) is 9.78 Å². The lowest BCUT2D eigenvalue weighted by molar-refractivity contribution is 0.0351. The van der Waals surface area contributed by atoms with Gasteiger partial charge in [-0.3, -0.25) is 4.79 Å². The van der Waals surface area contributed by atoms with Crippen LogP contribution in [-0.4, -0.2) is 76.8 Å². The van der Waals surface area contributed by atoms with Crippen molar-refractivity contribution >= 4 is 11.9 Å². The second-order valence-electron chi connectivity index (χ2n) is 10.3. The number of likely N-dealkylation sites (N-methyl/N-ethyl adjacent to an activating group) is 1. The van der Waals surface area contributed by atoms with Crippen LogP contribution in [0.2, 0.25) is 0 Å². The van der Waals surface area contributed by atoms with Gasteiger partial charge < -0.3 is 25.0 Å². The van der Waals surface area contributed by atoms with Crippen LogP contribution in [0.4, 0.5) is 4.79 Å². The molecule has 2 N–H and O–H groups in total. The number of pyridine rings is 1. The minimum absolute atomic E-state index is 0.0229. The summed E-state index contributed by atoms with van der Waals surface area (Å²) in [6.45, 7) is 8.20. The smallest absolute Gasteiger partial charge is 0.317 e. The van der Waals surface area contributed by atoms with E-state index in [1.54, 1.807) is 29.1 Å². The minimum Gasteiger partial charge on any atom is -0.472 e. The number of fused-ring (bicyclic) bond motifs is 1. The number of ether oxygens (including phenoxy) is 1. The summed E-state index contributed by atoms with van der Waals surface area (Å²) >= 11 is 0. The second-order valence-corrected chi connectivity index (χ2v) is 10.3. The Labute approximate surface area is 209 Å². The molecular weight excluding hydrogens is 444 g/mol. The zero-order valence-electron chi connectivity index (χ0n) is 21.7. The lowest BCUT2D eigenvalue weighted by atomic mass is 10.00. The largest absolute Gasteiger partial charge is 0.472 e. The zero-order chi connectivity index (χ0) is 25.5. The number of aliphatic hydroxyl groups is 1. The molecule has 1 fully saturated rings. The highest BCUT2D eigenvalue weighted by molar-refractivity contribution is 5.97. The van der Waals surface area contributed by atoms with Crippen molar-refractivity contribution in [3.05, 3.63) is 23.4 Å². The number of nitrogens with one attached hydrogen (secondary N) is 1. The topological polar surface area (TPSA) is 95.0 Å². The molecule has 3 atom stereocenters. The van der Waals surface area contributed by atoms with Gasteiger partial charge in [0.25, 0.3) is 5.91 Å². The molecule has 35 heavy (non-hydrogen) atoms. The van der Waals surface area contributed by atoms with Gasteiger partial charge in [-0.2, -0.15) is 0 Å². The van der Waals surface area contributed by atoms with E-state index in [2.05, 4.69) is 22.1 Å². The maximum Gasteiger partial charge on any atom is 0.317 e. The molecule has 1 aromatic rings. The van der Waals surface area contributed by atoms with E-state index in [-0.39, 0.29) is 48.5 Å². The van der Waals surface area contributed by atoms with E-state index in [9.17, 15) is 14.7 Å². The van der Waals surface area contributed by atoms with Crippen molar-refractivity contribution in [3.63, 3.8) is 0 Å². The molecule has 3 amide bonds. The molecule has 3 rings (SSSR count). The highest BCUT2D eigenvalue weighted by atomic mass is 16.5. The van der Waals surface area contributed by atoms with Gasteiger partial charge in [-0.05, 0) is 45.6 Å². The van der Waals surface area contributed by atoms with Gasteiger partial charge in [0.1, 0.15) is 11.7 Å². The Morgan fingerprint density at radius 3 is 2.71 bits per heavy atom. The standard InChI is InChI=1S/C27H40N4O4/c1-18(2)29-27(34)30(5)16-24-19(3)15-31(20(4)17-32)26(33)23-13-22(14-28-25(23)35-24)12-8-11-21-9-6-7-10-21/h13-14,18-21,24,32H,6-7,9-11,15-17H2,1-5H3,(H,29,34)/t19-,20+,24+/m0/s1. The minimum atomic E-state index is -0.384. The Hall–Kier alpha value is -2.79. The summed E-state index contributed by atoms with van der Waals surface area (Å²) in [7, 11) is 1.73. The van der Waals surface area contributed by atoms with Crippen molar-refractivity contribution in [1.82, 2.24) is 20.1 Å². The molecule has 0 saturated heterocycles. The van der Waals surface area contributed by atoms with Crippen LogP contribution in [0.5, 0.6) is 5.88 Å². The van der Waals surface area contributed by atoms with E-state index in [0.717, 1.165) is 6.42 Å². The third-order valence-corrected chi connectivity index (χ3v) is 6.83. The molecule has 1 aromatic heterocycles. The highest BCUT2D eigenvalue weighted by Crippen LogP contribution is 2.28. The Bertz CT molecular complexity index is 948. The number of hydrogen-bond donors (Lipinski definition) is 2. The van der Waals surface area contributed by atoms with Crippen molar-refractivity contribution in [3.8, 4) is 17.7 Å². The van der Waals surface area contributed by atoms with Gasteiger partial charge in [0.2, 0.25) is 5.88 Å². The van der Waals surface area contributed by atoms with Crippen LogP contribution in [0.15, 0.2) is 12.3 Å². The first kappa shape index (κ1) is 26.8. The summed E-state index contributed by atoms with van der Waals surface area (Å²) in [6.07, 6.45) is 7.16. The van der Waals surface area contributed by atoms with Crippen molar-refractivity contribution in [2.75, 3.05) is 26.7 Å². The number of carbonyl (C=O) groups excluding carboxylic acids is 2. The first-order valence-corrected chi connectivity index (χ1v) is 12.8. The SMILES string of the molecule is CC(C)NC(=O)N(C)C[C@H]1Oc2ncc(C#CCC3CCCC3)cc2C(=O)N([C@H](C)CO)C[C@@H]1C. The number of nitrogens with zero attached hydrogens (tertiary/aromatic N) is 3.